The molecule has 28 heavy (non-hydrogen) atoms. The van der Waals surface area contributed by atoms with Gasteiger partial charge >= 0.3 is 0 Å². The number of non-ortho nitro benzene ring substituents is 1. The standard InChI is InChI=1S/C19H14F2N4O3/c20-13-2-1-3-14(21)18(13)24-9-7-16(19(24)26)23-15-4-5-17(25(27)28)12-10-22-8-6-11(12)15/h1-6,8,10,16,23H,7,9H2. The van der Waals surface area contributed by atoms with Gasteiger partial charge in [0.15, 0.2) is 0 Å². The molecule has 2 heterocycles. The summed E-state index contributed by atoms with van der Waals surface area (Å²) in [5, 5.41) is 15.1. The maximum Gasteiger partial charge on any atom is 0.278 e. The molecule has 1 atom stereocenters. The monoisotopic (exact) mass is 384 g/mol. The Morgan fingerprint density at radius 2 is 1.89 bits per heavy atom. The fourth-order valence-electron chi connectivity index (χ4n) is 3.43. The first-order valence-electron chi connectivity index (χ1n) is 8.50. The summed E-state index contributed by atoms with van der Waals surface area (Å²) in [7, 11) is 0. The molecule has 0 aliphatic carbocycles. The van der Waals surface area contributed by atoms with Crippen molar-refractivity contribution in [3.63, 3.8) is 0 Å². The number of nitro groups is 1. The summed E-state index contributed by atoms with van der Waals surface area (Å²) in [6.45, 7) is 0.154. The number of carbonyl (C=O) groups excluding carboxylic acids is 1. The Morgan fingerprint density at radius 3 is 2.61 bits per heavy atom. The average Bonchev–Trinajstić information content (AvgIpc) is 3.02. The summed E-state index contributed by atoms with van der Waals surface area (Å²) in [6, 6.07) is 7.18. The predicted octanol–water partition coefficient (Wildman–Crippen LogP) is 3.64. The SMILES string of the molecule is O=C1C(Nc2ccc([N+](=O)[O-])c3cnccc23)CCN1c1c(F)cccc1F. The highest BCUT2D eigenvalue weighted by molar-refractivity contribution is 6.04. The lowest BCUT2D eigenvalue weighted by Crippen LogP contribution is -2.34. The molecule has 0 saturated carbocycles. The molecule has 3 aromatic rings. The van der Waals surface area contributed by atoms with Crippen LogP contribution in [0, 0.1) is 21.7 Å². The third-order valence-corrected chi connectivity index (χ3v) is 4.73. The van der Waals surface area contributed by atoms with Crippen LogP contribution in [0.4, 0.5) is 25.8 Å². The lowest BCUT2D eigenvalue weighted by Gasteiger charge is -2.19. The molecule has 4 rings (SSSR count). The molecule has 142 valence electrons. The van der Waals surface area contributed by atoms with Crippen molar-refractivity contribution in [2.75, 3.05) is 16.8 Å². The average molecular weight is 384 g/mol. The number of rotatable bonds is 4. The van der Waals surface area contributed by atoms with Gasteiger partial charge in [0.05, 0.1) is 10.3 Å². The van der Waals surface area contributed by atoms with Crippen molar-refractivity contribution in [2.45, 2.75) is 12.5 Å². The van der Waals surface area contributed by atoms with Gasteiger partial charge in [-0.2, -0.15) is 0 Å². The molecule has 9 heteroatoms. The number of nitrogens with zero attached hydrogens (tertiary/aromatic N) is 3. The van der Waals surface area contributed by atoms with Gasteiger partial charge in [-0.05, 0) is 30.7 Å². The first-order valence-corrected chi connectivity index (χ1v) is 8.50. The summed E-state index contributed by atoms with van der Waals surface area (Å²) in [5.74, 6) is -2.08. The second-order valence-corrected chi connectivity index (χ2v) is 6.36. The highest BCUT2D eigenvalue weighted by Gasteiger charge is 2.35. The second-order valence-electron chi connectivity index (χ2n) is 6.36. The molecule has 1 aliphatic heterocycles. The molecular formula is C19H14F2N4O3. The highest BCUT2D eigenvalue weighted by Crippen LogP contribution is 2.33. The van der Waals surface area contributed by atoms with Gasteiger partial charge < -0.3 is 10.2 Å². The number of amides is 1. The number of fused-ring (bicyclic) bond motifs is 1. The van der Waals surface area contributed by atoms with Crippen molar-refractivity contribution < 1.29 is 18.5 Å². The minimum absolute atomic E-state index is 0.0959. The lowest BCUT2D eigenvalue weighted by molar-refractivity contribution is -0.383. The molecule has 7 nitrogen and oxygen atoms in total. The van der Waals surface area contributed by atoms with Gasteiger partial charge in [-0.15, -0.1) is 0 Å². The Bertz CT molecular complexity index is 1090. The van der Waals surface area contributed by atoms with Crippen LogP contribution in [0.1, 0.15) is 6.42 Å². The molecule has 1 amide bonds. The molecule has 0 spiro atoms. The molecule has 0 radical (unpaired) electrons. The summed E-state index contributed by atoms with van der Waals surface area (Å²) in [4.78, 5) is 28.4. The predicted molar refractivity (Wildman–Crippen MR) is 99.1 cm³/mol. The van der Waals surface area contributed by atoms with Crippen molar-refractivity contribution in [1.29, 1.82) is 0 Å². The summed E-state index contributed by atoms with van der Waals surface area (Å²) >= 11 is 0. The van der Waals surface area contributed by atoms with Gasteiger partial charge in [0.25, 0.3) is 5.69 Å². The van der Waals surface area contributed by atoms with Gasteiger partial charge in [0, 0.05) is 36.1 Å². The molecule has 1 unspecified atom stereocenters. The molecular weight excluding hydrogens is 370 g/mol. The minimum atomic E-state index is -0.805. The normalized spacial score (nSPS) is 16.6. The molecule has 1 aliphatic rings. The topological polar surface area (TPSA) is 88.4 Å². The zero-order chi connectivity index (χ0) is 19.8. The number of benzene rings is 2. The van der Waals surface area contributed by atoms with Gasteiger partial charge in [0.1, 0.15) is 23.4 Å². The van der Waals surface area contributed by atoms with E-state index in [1.807, 2.05) is 0 Å². The zero-order valence-electron chi connectivity index (χ0n) is 14.4. The third-order valence-electron chi connectivity index (χ3n) is 4.73. The van der Waals surface area contributed by atoms with Gasteiger partial charge in [-0.3, -0.25) is 19.9 Å². The van der Waals surface area contributed by atoms with Crippen molar-refractivity contribution in [2.24, 2.45) is 0 Å². The second kappa shape index (κ2) is 6.84. The third kappa shape index (κ3) is 2.90. The van der Waals surface area contributed by atoms with Crippen LogP contribution in [0.2, 0.25) is 0 Å². The van der Waals surface area contributed by atoms with Gasteiger partial charge in [-0.25, -0.2) is 8.78 Å². The molecule has 2 aromatic carbocycles. The minimum Gasteiger partial charge on any atom is -0.373 e. The van der Waals surface area contributed by atoms with E-state index in [4.69, 9.17) is 0 Å². The van der Waals surface area contributed by atoms with Crippen LogP contribution < -0.4 is 10.2 Å². The Balaban J connectivity index is 1.65. The maximum atomic E-state index is 14.0. The van der Waals surface area contributed by atoms with E-state index in [0.29, 0.717) is 22.9 Å². The largest absolute Gasteiger partial charge is 0.373 e. The van der Waals surface area contributed by atoms with E-state index in [-0.39, 0.29) is 17.9 Å². The van der Waals surface area contributed by atoms with Crippen LogP contribution in [-0.4, -0.2) is 28.4 Å². The number of hydrogen-bond donors (Lipinski definition) is 1. The molecule has 1 aromatic heterocycles. The smallest absolute Gasteiger partial charge is 0.278 e. The molecule has 1 saturated heterocycles. The number of hydrogen-bond acceptors (Lipinski definition) is 5. The lowest BCUT2D eigenvalue weighted by atomic mass is 10.1. The Morgan fingerprint density at radius 1 is 1.14 bits per heavy atom. The fourth-order valence-corrected chi connectivity index (χ4v) is 3.43. The van der Waals surface area contributed by atoms with Gasteiger partial charge in [-0.1, -0.05) is 6.07 Å². The van der Waals surface area contributed by atoms with E-state index < -0.39 is 28.5 Å². The zero-order valence-corrected chi connectivity index (χ0v) is 14.4. The summed E-state index contributed by atoms with van der Waals surface area (Å²) < 4.78 is 28.1. The summed E-state index contributed by atoms with van der Waals surface area (Å²) in [6.07, 6.45) is 3.21. The molecule has 1 fully saturated rings. The Labute approximate surface area is 157 Å². The number of nitrogens with one attached hydrogen (secondary N) is 1. The summed E-state index contributed by atoms with van der Waals surface area (Å²) in [5.41, 5.74) is 0.0493. The number of pyridine rings is 1. The number of nitro benzene ring substituents is 1. The fraction of sp³-hybridized carbons (Fsp3) is 0.158. The first-order chi connectivity index (χ1) is 13.5. The molecule has 0 bridgehead atoms. The van der Waals surface area contributed by atoms with E-state index in [2.05, 4.69) is 10.3 Å². The van der Waals surface area contributed by atoms with Crippen LogP contribution in [0.5, 0.6) is 0 Å². The van der Waals surface area contributed by atoms with Crippen LogP contribution in [0.15, 0.2) is 48.8 Å². The number of halogens is 2. The number of para-hydroxylation sites is 1. The first kappa shape index (κ1) is 17.8. The van der Waals surface area contributed by atoms with E-state index in [9.17, 15) is 23.7 Å². The van der Waals surface area contributed by atoms with Crippen LogP contribution in [0.25, 0.3) is 10.8 Å². The van der Waals surface area contributed by atoms with Crippen LogP contribution in [0.3, 0.4) is 0 Å². The number of carbonyl (C=O) groups is 1. The van der Waals surface area contributed by atoms with E-state index in [1.165, 1.54) is 30.6 Å². The van der Waals surface area contributed by atoms with E-state index in [1.54, 1.807) is 6.07 Å². The van der Waals surface area contributed by atoms with E-state index in [0.717, 1.165) is 17.0 Å². The van der Waals surface area contributed by atoms with Crippen LogP contribution >= 0.6 is 0 Å². The van der Waals surface area contributed by atoms with Crippen LogP contribution in [-0.2, 0) is 4.79 Å². The maximum absolute atomic E-state index is 14.0. The molecule has 1 N–H and O–H groups in total. The van der Waals surface area contributed by atoms with Gasteiger partial charge in [0.2, 0.25) is 5.91 Å². The highest BCUT2D eigenvalue weighted by atomic mass is 19.1. The van der Waals surface area contributed by atoms with Crippen molar-refractivity contribution in [3.8, 4) is 0 Å². The van der Waals surface area contributed by atoms with E-state index >= 15 is 0 Å². The Kier molecular flexibility index (Phi) is 4.34. The Hall–Kier alpha value is -3.62. The number of anilines is 2. The van der Waals surface area contributed by atoms with Crippen molar-refractivity contribution in [3.05, 3.63) is 70.5 Å². The van der Waals surface area contributed by atoms with Crippen molar-refractivity contribution >= 4 is 33.7 Å². The van der Waals surface area contributed by atoms with Crippen molar-refractivity contribution in [1.82, 2.24) is 4.98 Å². The quantitative estimate of drug-likeness (QED) is 0.548. The number of aromatic nitrogens is 1.